The Kier molecular flexibility index (Phi) is 4.27. The van der Waals surface area contributed by atoms with Crippen molar-refractivity contribution in [3.8, 4) is 5.75 Å². The van der Waals surface area contributed by atoms with E-state index in [0.29, 0.717) is 18.6 Å². The predicted octanol–water partition coefficient (Wildman–Crippen LogP) is 3.71. The first-order chi connectivity index (χ1) is 10.1. The Morgan fingerprint density at radius 2 is 2.10 bits per heavy atom. The van der Waals surface area contributed by atoms with Gasteiger partial charge in [-0.1, -0.05) is 34.1 Å². The molecule has 2 N–H and O–H groups in total. The lowest BCUT2D eigenvalue weighted by Gasteiger charge is -2.29. The number of nitrogens with two attached hydrogens (primary N) is 1. The van der Waals surface area contributed by atoms with Gasteiger partial charge in [0.25, 0.3) is 0 Å². The molecule has 0 amide bonds. The highest BCUT2D eigenvalue weighted by molar-refractivity contribution is 9.10. The number of halogens is 2. The Hall–Kier alpha value is -1.39. The van der Waals surface area contributed by atoms with Gasteiger partial charge in [-0.3, -0.25) is 0 Å². The van der Waals surface area contributed by atoms with E-state index in [0.717, 1.165) is 16.6 Å². The molecule has 0 fully saturated rings. The fourth-order valence-electron chi connectivity index (χ4n) is 2.75. The van der Waals surface area contributed by atoms with Crippen LogP contribution in [-0.2, 0) is 12.8 Å². The van der Waals surface area contributed by atoms with Crippen LogP contribution in [0.2, 0.25) is 0 Å². The molecule has 0 saturated heterocycles. The van der Waals surface area contributed by atoms with Crippen molar-refractivity contribution >= 4 is 15.9 Å². The standard InChI is InChI=1S/C17H17BrFNO/c18-14-5-6-15(19)12(8-14)9-16(20)13-7-11-3-1-2-4-17(11)21-10-13/h1-6,8,13,16H,7,9-10,20H2. The van der Waals surface area contributed by atoms with Gasteiger partial charge in [-0.25, -0.2) is 4.39 Å². The lowest BCUT2D eigenvalue weighted by atomic mass is 9.87. The van der Waals surface area contributed by atoms with E-state index in [1.165, 1.54) is 11.6 Å². The quantitative estimate of drug-likeness (QED) is 0.916. The summed E-state index contributed by atoms with van der Waals surface area (Å²) in [5, 5.41) is 0. The fourth-order valence-corrected chi connectivity index (χ4v) is 3.16. The first kappa shape index (κ1) is 14.5. The summed E-state index contributed by atoms with van der Waals surface area (Å²) >= 11 is 3.37. The van der Waals surface area contributed by atoms with Crippen LogP contribution in [0.5, 0.6) is 5.75 Å². The number of fused-ring (bicyclic) bond motifs is 1. The molecule has 3 rings (SSSR count). The maximum atomic E-state index is 13.8. The van der Waals surface area contributed by atoms with Gasteiger partial charge in [-0.15, -0.1) is 0 Å². The van der Waals surface area contributed by atoms with Gasteiger partial charge < -0.3 is 10.5 Å². The second-order valence-corrected chi connectivity index (χ2v) is 6.40. The summed E-state index contributed by atoms with van der Waals surface area (Å²) in [5.41, 5.74) is 8.12. The van der Waals surface area contributed by atoms with Crippen LogP contribution >= 0.6 is 15.9 Å². The van der Waals surface area contributed by atoms with Crippen LogP contribution in [0.1, 0.15) is 11.1 Å². The smallest absolute Gasteiger partial charge is 0.126 e. The first-order valence-electron chi connectivity index (χ1n) is 7.03. The largest absolute Gasteiger partial charge is 0.493 e. The first-order valence-corrected chi connectivity index (χ1v) is 7.83. The Labute approximate surface area is 132 Å². The van der Waals surface area contributed by atoms with Crippen molar-refractivity contribution in [3.63, 3.8) is 0 Å². The normalized spacial score (nSPS) is 18.7. The van der Waals surface area contributed by atoms with Crippen LogP contribution < -0.4 is 10.5 Å². The van der Waals surface area contributed by atoms with Gasteiger partial charge in [0.05, 0.1) is 6.61 Å². The van der Waals surface area contributed by atoms with E-state index in [1.54, 1.807) is 12.1 Å². The van der Waals surface area contributed by atoms with Gasteiger partial charge in [0, 0.05) is 16.4 Å². The maximum absolute atomic E-state index is 13.8. The Morgan fingerprint density at radius 3 is 2.95 bits per heavy atom. The highest BCUT2D eigenvalue weighted by Gasteiger charge is 2.25. The third-order valence-electron chi connectivity index (χ3n) is 3.98. The summed E-state index contributed by atoms with van der Waals surface area (Å²) in [6.07, 6.45) is 1.40. The lowest BCUT2D eigenvalue weighted by molar-refractivity contribution is 0.198. The average Bonchev–Trinajstić information content (AvgIpc) is 2.50. The summed E-state index contributed by atoms with van der Waals surface area (Å²) in [6, 6.07) is 12.9. The van der Waals surface area contributed by atoms with Crippen molar-refractivity contribution in [2.45, 2.75) is 18.9 Å². The minimum atomic E-state index is -0.203. The minimum absolute atomic E-state index is 0.123. The molecule has 21 heavy (non-hydrogen) atoms. The molecule has 0 aliphatic carbocycles. The van der Waals surface area contributed by atoms with Crippen LogP contribution in [-0.4, -0.2) is 12.6 Å². The Bertz CT molecular complexity index is 646. The van der Waals surface area contributed by atoms with Crippen molar-refractivity contribution in [3.05, 3.63) is 63.9 Å². The van der Waals surface area contributed by atoms with Gasteiger partial charge in [-0.05, 0) is 48.2 Å². The van der Waals surface area contributed by atoms with Crippen LogP contribution in [0.4, 0.5) is 4.39 Å². The molecule has 0 spiro atoms. The highest BCUT2D eigenvalue weighted by atomic mass is 79.9. The molecule has 0 bridgehead atoms. The Balaban J connectivity index is 1.72. The van der Waals surface area contributed by atoms with Gasteiger partial charge in [0.15, 0.2) is 0 Å². The zero-order valence-electron chi connectivity index (χ0n) is 11.6. The maximum Gasteiger partial charge on any atom is 0.126 e. The molecule has 2 atom stereocenters. The number of para-hydroxylation sites is 1. The molecule has 2 nitrogen and oxygen atoms in total. The zero-order chi connectivity index (χ0) is 14.8. The second-order valence-electron chi connectivity index (χ2n) is 5.49. The summed E-state index contributed by atoms with van der Waals surface area (Å²) in [5.74, 6) is 0.943. The molecule has 2 unspecified atom stereocenters. The monoisotopic (exact) mass is 349 g/mol. The second kappa shape index (κ2) is 6.16. The molecule has 0 saturated carbocycles. The molecule has 1 aliphatic heterocycles. The summed E-state index contributed by atoms with van der Waals surface area (Å²) in [4.78, 5) is 0. The van der Waals surface area contributed by atoms with Crippen LogP contribution in [0, 0.1) is 11.7 Å². The third kappa shape index (κ3) is 3.27. The SMILES string of the molecule is NC(Cc1cc(Br)ccc1F)C1COc2ccccc2C1. The molecule has 1 aliphatic rings. The molecule has 0 aromatic heterocycles. The zero-order valence-corrected chi connectivity index (χ0v) is 13.1. The summed E-state index contributed by atoms with van der Waals surface area (Å²) < 4.78 is 20.5. The predicted molar refractivity (Wildman–Crippen MR) is 84.9 cm³/mol. The van der Waals surface area contributed by atoms with Gasteiger partial charge in [-0.2, -0.15) is 0 Å². The van der Waals surface area contributed by atoms with E-state index < -0.39 is 0 Å². The summed E-state index contributed by atoms with van der Waals surface area (Å²) in [7, 11) is 0. The van der Waals surface area contributed by atoms with Crippen LogP contribution in [0.25, 0.3) is 0 Å². The minimum Gasteiger partial charge on any atom is -0.493 e. The van der Waals surface area contributed by atoms with E-state index in [-0.39, 0.29) is 17.8 Å². The van der Waals surface area contributed by atoms with Crippen molar-refractivity contribution in [2.75, 3.05) is 6.61 Å². The van der Waals surface area contributed by atoms with E-state index in [1.807, 2.05) is 18.2 Å². The molecular weight excluding hydrogens is 333 g/mol. The van der Waals surface area contributed by atoms with Crippen molar-refractivity contribution in [1.29, 1.82) is 0 Å². The third-order valence-corrected chi connectivity index (χ3v) is 4.47. The molecule has 0 radical (unpaired) electrons. The van der Waals surface area contributed by atoms with E-state index in [2.05, 4.69) is 22.0 Å². The van der Waals surface area contributed by atoms with Crippen molar-refractivity contribution in [2.24, 2.45) is 11.7 Å². The van der Waals surface area contributed by atoms with E-state index >= 15 is 0 Å². The molecule has 110 valence electrons. The molecular formula is C17H17BrFNO. The molecule has 2 aromatic rings. The Morgan fingerprint density at radius 1 is 1.29 bits per heavy atom. The number of hydrogen-bond acceptors (Lipinski definition) is 2. The van der Waals surface area contributed by atoms with Gasteiger partial charge in [0.2, 0.25) is 0 Å². The number of hydrogen-bond donors (Lipinski definition) is 1. The topological polar surface area (TPSA) is 35.2 Å². The van der Waals surface area contributed by atoms with E-state index in [4.69, 9.17) is 10.5 Å². The van der Waals surface area contributed by atoms with Crippen LogP contribution in [0.3, 0.4) is 0 Å². The van der Waals surface area contributed by atoms with Gasteiger partial charge >= 0.3 is 0 Å². The van der Waals surface area contributed by atoms with E-state index in [9.17, 15) is 4.39 Å². The highest BCUT2D eigenvalue weighted by Crippen LogP contribution is 2.29. The fraction of sp³-hybridized carbons (Fsp3) is 0.294. The van der Waals surface area contributed by atoms with Gasteiger partial charge in [0.1, 0.15) is 11.6 Å². The molecule has 2 aromatic carbocycles. The molecule has 1 heterocycles. The van der Waals surface area contributed by atoms with Crippen molar-refractivity contribution in [1.82, 2.24) is 0 Å². The van der Waals surface area contributed by atoms with Crippen LogP contribution in [0.15, 0.2) is 46.9 Å². The summed E-state index contributed by atoms with van der Waals surface area (Å²) in [6.45, 7) is 0.591. The average molecular weight is 350 g/mol. The number of benzene rings is 2. The lowest BCUT2D eigenvalue weighted by Crippen LogP contribution is -2.39. The number of ether oxygens (including phenoxy) is 1. The van der Waals surface area contributed by atoms with Crippen molar-refractivity contribution < 1.29 is 9.13 Å². The molecule has 4 heteroatoms. The number of rotatable bonds is 3.